The van der Waals surface area contributed by atoms with E-state index in [-0.39, 0.29) is 0 Å². The van der Waals surface area contributed by atoms with Gasteiger partial charge < -0.3 is 11.1 Å². The number of nitrogen functional groups attached to an aromatic ring is 1. The van der Waals surface area contributed by atoms with Crippen molar-refractivity contribution in [1.29, 1.82) is 0 Å². The molecule has 3 N–H and O–H groups in total. The van der Waals surface area contributed by atoms with Gasteiger partial charge in [0, 0.05) is 17.5 Å². The van der Waals surface area contributed by atoms with Gasteiger partial charge in [0.2, 0.25) is 0 Å². The van der Waals surface area contributed by atoms with Crippen LogP contribution in [0.2, 0.25) is 5.02 Å². The van der Waals surface area contributed by atoms with E-state index in [1.54, 1.807) is 0 Å². The molecule has 0 spiro atoms. The van der Waals surface area contributed by atoms with Gasteiger partial charge in [-0.2, -0.15) is 11.8 Å². The summed E-state index contributed by atoms with van der Waals surface area (Å²) in [5, 5.41) is 4.57. The molecule has 2 nitrogen and oxygen atoms in total. The number of aryl methyl sites for hydroxylation is 1. The predicted octanol–water partition coefficient (Wildman–Crippen LogP) is 3.39. The van der Waals surface area contributed by atoms with E-state index in [1.807, 2.05) is 30.8 Å². The van der Waals surface area contributed by atoms with Gasteiger partial charge in [0.15, 0.2) is 0 Å². The first kappa shape index (κ1) is 12.5. The number of nitrogens with one attached hydrogen (secondary N) is 1. The highest BCUT2D eigenvalue weighted by Crippen LogP contribution is 2.26. The third-order valence-corrected chi connectivity index (χ3v) is 3.62. The molecule has 0 aromatic heterocycles. The number of benzene rings is 1. The lowest BCUT2D eigenvalue weighted by Gasteiger charge is -2.14. The van der Waals surface area contributed by atoms with Crippen LogP contribution >= 0.6 is 23.4 Å². The summed E-state index contributed by atoms with van der Waals surface area (Å²) in [5.41, 5.74) is 8.54. The van der Waals surface area contributed by atoms with Gasteiger partial charge in [-0.05, 0) is 30.9 Å². The van der Waals surface area contributed by atoms with Crippen molar-refractivity contribution in [2.24, 2.45) is 0 Å². The van der Waals surface area contributed by atoms with Crippen LogP contribution in [-0.2, 0) is 0 Å². The molecule has 1 atom stereocenters. The van der Waals surface area contributed by atoms with E-state index in [0.29, 0.717) is 16.0 Å². The number of anilines is 2. The monoisotopic (exact) mass is 244 g/mol. The molecule has 0 saturated heterocycles. The molecule has 0 saturated carbocycles. The average Bonchev–Trinajstić information content (AvgIpc) is 2.21. The Labute approximate surface area is 101 Å². The Hall–Kier alpha value is -0.540. The Bertz CT molecular complexity index is 342. The minimum atomic E-state index is 0.584. The van der Waals surface area contributed by atoms with Crippen molar-refractivity contribution in [3.63, 3.8) is 0 Å². The van der Waals surface area contributed by atoms with E-state index in [1.165, 1.54) is 0 Å². The number of rotatable bonds is 4. The quantitative estimate of drug-likeness (QED) is 0.798. The van der Waals surface area contributed by atoms with E-state index < -0.39 is 0 Å². The summed E-state index contributed by atoms with van der Waals surface area (Å²) in [6, 6.07) is 3.79. The lowest BCUT2D eigenvalue weighted by atomic mass is 10.2. The first-order valence-corrected chi connectivity index (χ1v) is 6.53. The smallest absolute Gasteiger partial charge is 0.0656 e. The zero-order chi connectivity index (χ0) is 11.4. The molecule has 0 radical (unpaired) electrons. The van der Waals surface area contributed by atoms with Gasteiger partial charge in [-0.3, -0.25) is 0 Å². The molecular formula is C11H17ClN2S. The van der Waals surface area contributed by atoms with Crippen LogP contribution in [0.1, 0.15) is 12.5 Å². The number of hydrogen-bond donors (Lipinski definition) is 2. The molecule has 0 aliphatic rings. The fraction of sp³-hybridized carbons (Fsp3) is 0.455. The highest BCUT2D eigenvalue weighted by molar-refractivity contribution is 7.99. The predicted molar refractivity (Wildman–Crippen MR) is 72.1 cm³/mol. The Balaban J connectivity index is 2.73. The summed E-state index contributed by atoms with van der Waals surface area (Å²) in [6.45, 7) is 5.15. The van der Waals surface area contributed by atoms with Crippen molar-refractivity contribution in [2.45, 2.75) is 19.1 Å². The maximum Gasteiger partial charge on any atom is 0.0656 e. The highest BCUT2D eigenvalue weighted by Gasteiger charge is 2.04. The van der Waals surface area contributed by atoms with Gasteiger partial charge in [0.05, 0.1) is 10.7 Å². The fourth-order valence-electron chi connectivity index (χ4n) is 1.23. The summed E-state index contributed by atoms with van der Waals surface area (Å²) in [7, 11) is 0. The van der Waals surface area contributed by atoms with Crippen LogP contribution < -0.4 is 11.1 Å². The third-order valence-electron chi connectivity index (χ3n) is 2.33. The van der Waals surface area contributed by atoms with E-state index in [9.17, 15) is 0 Å². The van der Waals surface area contributed by atoms with Gasteiger partial charge in [-0.15, -0.1) is 0 Å². The molecule has 0 heterocycles. The van der Waals surface area contributed by atoms with E-state index >= 15 is 0 Å². The van der Waals surface area contributed by atoms with E-state index in [0.717, 1.165) is 17.8 Å². The summed E-state index contributed by atoms with van der Waals surface area (Å²) >= 11 is 7.80. The van der Waals surface area contributed by atoms with Gasteiger partial charge in [0.25, 0.3) is 0 Å². The van der Waals surface area contributed by atoms with Gasteiger partial charge >= 0.3 is 0 Å². The Morgan fingerprint density at radius 1 is 1.53 bits per heavy atom. The highest BCUT2D eigenvalue weighted by atomic mass is 35.5. The van der Waals surface area contributed by atoms with Crippen LogP contribution in [0.3, 0.4) is 0 Å². The Morgan fingerprint density at radius 3 is 2.80 bits per heavy atom. The molecule has 0 aliphatic carbocycles. The number of halogens is 1. The SMILES string of the molecule is CSC(C)CNc1cc(Cl)c(N)cc1C. The normalized spacial score (nSPS) is 12.5. The molecule has 0 amide bonds. The summed E-state index contributed by atoms with van der Waals surface area (Å²) in [4.78, 5) is 0. The van der Waals surface area contributed by atoms with Gasteiger partial charge in [-0.1, -0.05) is 18.5 Å². The van der Waals surface area contributed by atoms with Gasteiger partial charge in [0.1, 0.15) is 0 Å². The van der Waals surface area contributed by atoms with Gasteiger partial charge in [-0.25, -0.2) is 0 Å². The van der Waals surface area contributed by atoms with Crippen molar-refractivity contribution < 1.29 is 0 Å². The van der Waals surface area contributed by atoms with Crippen LogP contribution in [0.25, 0.3) is 0 Å². The molecule has 84 valence electrons. The van der Waals surface area contributed by atoms with Crippen molar-refractivity contribution in [3.8, 4) is 0 Å². The largest absolute Gasteiger partial charge is 0.398 e. The molecule has 15 heavy (non-hydrogen) atoms. The lowest BCUT2D eigenvalue weighted by molar-refractivity contribution is 1.00. The molecule has 4 heteroatoms. The second-order valence-electron chi connectivity index (χ2n) is 3.62. The van der Waals surface area contributed by atoms with Crippen LogP contribution in [0.4, 0.5) is 11.4 Å². The van der Waals surface area contributed by atoms with Crippen molar-refractivity contribution in [3.05, 3.63) is 22.7 Å². The molecule has 1 aromatic carbocycles. The van der Waals surface area contributed by atoms with Crippen molar-refractivity contribution >= 4 is 34.7 Å². The molecule has 0 bridgehead atoms. The second-order valence-corrected chi connectivity index (χ2v) is 5.30. The molecular weight excluding hydrogens is 228 g/mol. The summed E-state index contributed by atoms with van der Waals surface area (Å²) < 4.78 is 0. The summed E-state index contributed by atoms with van der Waals surface area (Å²) in [6.07, 6.45) is 2.11. The minimum absolute atomic E-state index is 0.584. The van der Waals surface area contributed by atoms with E-state index in [4.69, 9.17) is 17.3 Å². The van der Waals surface area contributed by atoms with Crippen LogP contribution in [0.15, 0.2) is 12.1 Å². The van der Waals surface area contributed by atoms with Crippen molar-refractivity contribution in [2.75, 3.05) is 23.9 Å². The van der Waals surface area contributed by atoms with Crippen molar-refractivity contribution in [1.82, 2.24) is 0 Å². The average molecular weight is 245 g/mol. The standard InChI is InChI=1S/C11H17ClN2S/c1-7-4-10(13)9(12)5-11(7)14-6-8(2)15-3/h4-5,8,14H,6,13H2,1-3H3. The Kier molecular flexibility index (Phi) is 4.61. The molecule has 1 aromatic rings. The molecule has 0 fully saturated rings. The Morgan fingerprint density at radius 2 is 2.20 bits per heavy atom. The number of nitrogens with two attached hydrogens (primary N) is 1. The number of thioether (sulfide) groups is 1. The first-order valence-electron chi connectivity index (χ1n) is 4.87. The van der Waals surface area contributed by atoms with Crippen LogP contribution in [0, 0.1) is 6.92 Å². The maximum atomic E-state index is 5.96. The topological polar surface area (TPSA) is 38.0 Å². The first-order chi connectivity index (χ1) is 7.04. The molecule has 0 aliphatic heterocycles. The fourth-order valence-corrected chi connectivity index (χ4v) is 1.64. The number of hydrogen-bond acceptors (Lipinski definition) is 3. The third kappa shape index (κ3) is 3.50. The zero-order valence-electron chi connectivity index (χ0n) is 9.30. The lowest BCUT2D eigenvalue weighted by Crippen LogP contribution is -2.13. The van der Waals surface area contributed by atoms with Crippen LogP contribution in [-0.4, -0.2) is 18.1 Å². The minimum Gasteiger partial charge on any atom is -0.398 e. The van der Waals surface area contributed by atoms with Crippen LogP contribution in [0.5, 0.6) is 0 Å². The second kappa shape index (κ2) is 5.52. The zero-order valence-corrected chi connectivity index (χ0v) is 10.9. The van der Waals surface area contributed by atoms with E-state index in [2.05, 4.69) is 18.5 Å². The molecule has 1 rings (SSSR count). The summed E-state index contributed by atoms with van der Waals surface area (Å²) in [5.74, 6) is 0. The maximum absolute atomic E-state index is 5.96. The molecule has 1 unspecified atom stereocenters.